The van der Waals surface area contributed by atoms with E-state index in [1.54, 1.807) is 13.8 Å². The van der Waals surface area contributed by atoms with Gasteiger partial charge < -0.3 is 23.4 Å². The average Bonchev–Trinajstić information content (AvgIpc) is 2.18. The molecule has 0 saturated heterocycles. The summed E-state index contributed by atoms with van der Waals surface area (Å²) in [5.41, 5.74) is 0. The van der Waals surface area contributed by atoms with Crippen molar-refractivity contribution in [3.63, 3.8) is 0 Å². The Bertz CT molecular complexity index is 329. The van der Waals surface area contributed by atoms with Crippen LogP contribution in [-0.4, -0.2) is 39.1 Å². The Morgan fingerprint density at radius 3 is 2.17 bits per heavy atom. The molecule has 0 amide bonds. The van der Waals surface area contributed by atoms with Crippen LogP contribution in [0, 0.1) is 13.8 Å². The second-order valence-corrected chi connectivity index (χ2v) is 4.55. The number of esters is 1. The number of carbonyl (C=O) groups is 2. The van der Waals surface area contributed by atoms with Crippen LogP contribution in [0.4, 0.5) is 0 Å². The molecule has 0 aromatic carbocycles. The molecule has 1 radical (unpaired) electrons. The van der Waals surface area contributed by atoms with E-state index < -0.39 is 27.5 Å². The van der Waals surface area contributed by atoms with Gasteiger partial charge in [0.15, 0.2) is 0 Å². The van der Waals surface area contributed by atoms with Gasteiger partial charge in [-0.3, -0.25) is 4.79 Å². The summed E-state index contributed by atoms with van der Waals surface area (Å²) in [7, 11) is -3.66. The van der Waals surface area contributed by atoms with E-state index in [2.05, 4.69) is 23.3 Å². The van der Waals surface area contributed by atoms with Crippen molar-refractivity contribution in [1.29, 1.82) is 0 Å². The molecule has 0 heterocycles. The van der Waals surface area contributed by atoms with Crippen molar-refractivity contribution in [3.8, 4) is 0 Å². The van der Waals surface area contributed by atoms with Gasteiger partial charge >= 0.3 is 5.97 Å². The van der Waals surface area contributed by atoms with E-state index in [1.807, 2.05) is 0 Å². The Kier molecular flexibility index (Phi) is 17.3. The predicted octanol–water partition coefficient (Wildman–Crippen LogP) is 0.100. The Balaban J connectivity index is -0.000000709. The van der Waals surface area contributed by atoms with E-state index in [4.69, 9.17) is 0 Å². The fourth-order valence-corrected chi connectivity index (χ4v) is 1.74. The van der Waals surface area contributed by atoms with E-state index in [0.717, 1.165) is 0 Å². The normalized spacial score (nSPS) is 9.50. The van der Waals surface area contributed by atoms with Crippen molar-refractivity contribution in [3.05, 3.63) is 13.8 Å². The fraction of sp³-hybridized carbons (Fsp3) is 0.600. The van der Waals surface area contributed by atoms with Crippen LogP contribution in [-0.2, 0) is 57.1 Å². The van der Waals surface area contributed by atoms with Gasteiger partial charge in [-0.1, -0.05) is 0 Å². The predicted molar refractivity (Wildman–Crippen MR) is 64.4 cm³/mol. The van der Waals surface area contributed by atoms with Crippen LogP contribution in [0.2, 0.25) is 0 Å². The summed E-state index contributed by atoms with van der Waals surface area (Å²) < 4.78 is 28.8. The van der Waals surface area contributed by atoms with Crippen LogP contribution in [0.25, 0.3) is 0 Å². The number of nitrogens with one attached hydrogen (secondary N) is 1. The average molecular weight is 354 g/mol. The first kappa shape index (κ1) is 23.1. The minimum Gasteiger partial charge on any atom is -0.466 e. The van der Waals surface area contributed by atoms with Crippen LogP contribution >= 0.6 is 0 Å². The summed E-state index contributed by atoms with van der Waals surface area (Å²) >= 11 is 0. The fourth-order valence-electron chi connectivity index (χ4n) is 0.805. The quantitative estimate of drug-likeness (QED) is 0.517. The maximum Gasteiger partial charge on any atom is 0.307 e. The molecule has 0 aliphatic rings. The number of carbonyl (C=O) groups excluding carboxylic acids is 2. The molecule has 18 heavy (non-hydrogen) atoms. The number of hydrogen-bond acceptors (Lipinski definition) is 5. The number of rotatable bonds is 7. The molecule has 0 rings (SSSR count). The molecule has 0 aliphatic carbocycles. The van der Waals surface area contributed by atoms with Crippen molar-refractivity contribution in [1.82, 2.24) is 4.72 Å². The van der Waals surface area contributed by atoms with Gasteiger partial charge in [0.05, 0.1) is 18.8 Å². The molecular formula is C10H19NO5SY-2. The van der Waals surface area contributed by atoms with Crippen molar-refractivity contribution >= 4 is 21.8 Å². The summed E-state index contributed by atoms with van der Waals surface area (Å²) in [5.74, 6) is -1.85. The number of ether oxygens (including phenoxy) is 1. The molecule has 0 spiro atoms. The molecule has 8 heteroatoms. The SMILES string of the molecule is [CH2-]C.[CH2-]C(=O)CS(=O)(=O)NCCC(=O)OCC.[Y]. The Morgan fingerprint density at radius 2 is 1.78 bits per heavy atom. The summed E-state index contributed by atoms with van der Waals surface area (Å²) in [4.78, 5) is 21.3. The van der Waals surface area contributed by atoms with Gasteiger partial charge in [-0.2, -0.15) is 6.92 Å². The first-order valence-corrected chi connectivity index (χ1v) is 6.71. The molecule has 6 nitrogen and oxygen atoms in total. The van der Waals surface area contributed by atoms with Gasteiger partial charge in [0.2, 0.25) is 10.0 Å². The molecule has 0 saturated carbocycles. The first-order chi connectivity index (χ1) is 7.87. The van der Waals surface area contributed by atoms with E-state index in [9.17, 15) is 18.0 Å². The van der Waals surface area contributed by atoms with E-state index in [0.29, 0.717) is 0 Å². The molecular weight excluding hydrogens is 335 g/mol. The van der Waals surface area contributed by atoms with Crippen molar-refractivity contribution in [2.75, 3.05) is 18.9 Å². The van der Waals surface area contributed by atoms with Gasteiger partial charge in [0.25, 0.3) is 0 Å². The second-order valence-electron chi connectivity index (χ2n) is 2.75. The van der Waals surface area contributed by atoms with Crippen molar-refractivity contribution < 1.29 is 55.5 Å². The Morgan fingerprint density at radius 1 is 1.28 bits per heavy atom. The molecule has 0 unspecified atom stereocenters. The number of Topliss-reactive ketones (excluding diaryl/α,β-unsaturated/α-hetero) is 1. The van der Waals surface area contributed by atoms with Crippen molar-refractivity contribution in [2.24, 2.45) is 0 Å². The minimum atomic E-state index is -3.66. The molecule has 105 valence electrons. The summed E-state index contributed by atoms with van der Waals surface area (Å²) in [6, 6.07) is 0. The summed E-state index contributed by atoms with van der Waals surface area (Å²) in [6.07, 6.45) is -0.0571. The third kappa shape index (κ3) is 16.0. The number of ketones is 1. The maximum absolute atomic E-state index is 11.1. The minimum absolute atomic E-state index is 0. The second kappa shape index (κ2) is 13.5. The zero-order valence-electron chi connectivity index (χ0n) is 10.8. The monoisotopic (exact) mass is 354 g/mol. The maximum atomic E-state index is 11.1. The van der Waals surface area contributed by atoms with Crippen LogP contribution < -0.4 is 4.72 Å². The zero-order valence-corrected chi connectivity index (χ0v) is 14.4. The van der Waals surface area contributed by atoms with Gasteiger partial charge in [-0.15, -0.1) is 0 Å². The van der Waals surface area contributed by atoms with E-state index in [1.165, 1.54) is 0 Å². The third-order valence-electron chi connectivity index (χ3n) is 1.31. The molecule has 0 fully saturated rings. The van der Waals surface area contributed by atoms with Crippen LogP contribution in [0.3, 0.4) is 0 Å². The summed E-state index contributed by atoms with van der Waals surface area (Å²) in [6.45, 7) is 9.78. The largest absolute Gasteiger partial charge is 0.466 e. The van der Waals surface area contributed by atoms with Crippen LogP contribution in [0.5, 0.6) is 0 Å². The van der Waals surface area contributed by atoms with Gasteiger partial charge in [0, 0.05) is 45.0 Å². The molecule has 0 aromatic rings. The first-order valence-electron chi connectivity index (χ1n) is 5.06. The third-order valence-corrected chi connectivity index (χ3v) is 2.65. The Labute approximate surface area is 134 Å². The topological polar surface area (TPSA) is 89.5 Å². The molecule has 0 aromatic heterocycles. The van der Waals surface area contributed by atoms with Gasteiger partial charge in [-0.05, 0) is 6.92 Å². The van der Waals surface area contributed by atoms with E-state index >= 15 is 0 Å². The van der Waals surface area contributed by atoms with Gasteiger partial charge in [0.1, 0.15) is 0 Å². The molecule has 0 bridgehead atoms. The standard InChI is InChI=1S/C8H14NO5S.C2H5.Y/c1-3-14-8(11)4-5-9-15(12,13)6-7(2)10;1-2;/h9H,2-6H2,1H3;1H2,2H3;/q2*-1;. The zero-order chi connectivity index (χ0) is 13.9. The van der Waals surface area contributed by atoms with Crippen LogP contribution in [0.1, 0.15) is 20.3 Å². The smallest absolute Gasteiger partial charge is 0.307 e. The van der Waals surface area contributed by atoms with E-state index in [-0.39, 0.29) is 52.3 Å². The number of hydrogen-bond donors (Lipinski definition) is 1. The van der Waals surface area contributed by atoms with Gasteiger partial charge in [-0.25, -0.2) is 13.1 Å². The van der Waals surface area contributed by atoms with Crippen LogP contribution in [0.15, 0.2) is 0 Å². The number of sulfonamides is 1. The Hall–Kier alpha value is 0.0239. The molecule has 0 atom stereocenters. The molecule has 1 N–H and O–H groups in total. The summed E-state index contributed by atoms with van der Waals surface area (Å²) in [5, 5.41) is 0. The molecule has 0 aliphatic heterocycles. The van der Waals surface area contributed by atoms with Crippen molar-refractivity contribution in [2.45, 2.75) is 20.3 Å².